The van der Waals surface area contributed by atoms with E-state index in [4.69, 9.17) is 9.47 Å². The van der Waals surface area contributed by atoms with Crippen molar-refractivity contribution in [2.75, 3.05) is 0 Å². The maximum absolute atomic E-state index is 13.4. The lowest BCUT2D eigenvalue weighted by Gasteiger charge is -2.33. The Bertz CT molecular complexity index is 1110. The van der Waals surface area contributed by atoms with E-state index in [1.165, 1.54) is 0 Å². The predicted molar refractivity (Wildman–Crippen MR) is 108 cm³/mol. The number of benzene rings is 1. The molecule has 6 heteroatoms. The van der Waals surface area contributed by atoms with Crippen LogP contribution in [0.3, 0.4) is 0 Å². The zero-order valence-electron chi connectivity index (χ0n) is 17.2. The second-order valence-corrected chi connectivity index (χ2v) is 8.42. The van der Waals surface area contributed by atoms with Crippen LogP contribution < -0.4 is 4.74 Å². The Morgan fingerprint density at radius 3 is 2.48 bits per heavy atom. The van der Waals surface area contributed by atoms with Gasteiger partial charge < -0.3 is 13.9 Å². The Morgan fingerprint density at radius 2 is 1.83 bits per heavy atom. The Hall–Kier alpha value is -3.15. The standard InChI is InChI=1S/C23H24N2O4/c1-13-14(2)25-12-11-16-17(26)20(29-22(27)23(3,4)5)18(15-9-7-6-8-10-15)28-19(16)21(25)24-13/h6-12,18,20H,1-5H3/t18-,20+/m1/s1. The summed E-state index contributed by atoms with van der Waals surface area (Å²) in [5.41, 5.74) is 2.85. The molecule has 0 fully saturated rings. The van der Waals surface area contributed by atoms with E-state index in [0.717, 1.165) is 17.0 Å². The molecule has 4 rings (SSSR count). The number of carbonyl (C=O) groups is 2. The number of ether oxygens (including phenoxy) is 2. The molecule has 0 radical (unpaired) electrons. The minimum absolute atomic E-state index is 0.279. The summed E-state index contributed by atoms with van der Waals surface area (Å²) in [6, 6.07) is 11.1. The van der Waals surface area contributed by atoms with E-state index in [1.54, 1.807) is 33.0 Å². The average Bonchev–Trinajstić information content (AvgIpc) is 2.98. The Morgan fingerprint density at radius 1 is 1.14 bits per heavy atom. The van der Waals surface area contributed by atoms with Crippen LogP contribution >= 0.6 is 0 Å². The van der Waals surface area contributed by atoms with Gasteiger partial charge in [0.2, 0.25) is 11.9 Å². The third-order valence-corrected chi connectivity index (χ3v) is 5.24. The van der Waals surface area contributed by atoms with Crippen LogP contribution in [0.5, 0.6) is 5.75 Å². The van der Waals surface area contributed by atoms with Crippen LogP contribution in [0.1, 0.15) is 54.2 Å². The van der Waals surface area contributed by atoms with Gasteiger partial charge in [-0.2, -0.15) is 0 Å². The van der Waals surface area contributed by atoms with Gasteiger partial charge in [0.25, 0.3) is 0 Å². The smallest absolute Gasteiger partial charge is 0.312 e. The number of esters is 1. The van der Waals surface area contributed by atoms with Crippen molar-refractivity contribution >= 4 is 17.4 Å². The summed E-state index contributed by atoms with van der Waals surface area (Å²) in [5, 5.41) is 0. The third-order valence-electron chi connectivity index (χ3n) is 5.24. The zero-order valence-corrected chi connectivity index (χ0v) is 17.2. The van der Waals surface area contributed by atoms with Crippen molar-refractivity contribution in [1.82, 2.24) is 9.38 Å². The quantitative estimate of drug-likeness (QED) is 0.611. The maximum atomic E-state index is 13.4. The molecule has 0 aliphatic carbocycles. The highest BCUT2D eigenvalue weighted by molar-refractivity contribution is 6.05. The third kappa shape index (κ3) is 3.18. The van der Waals surface area contributed by atoms with Crippen molar-refractivity contribution in [3.63, 3.8) is 0 Å². The number of hydrogen-bond acceptors (Lipinski definition) is 5. The fourth-order valence-corrected chi connectivity index (χ4v) is 3.40. The molecular formula is C23H24N2O4. The highest BCUT2D eigenvalue weighted by Crippen LogP contribution is 2.40. The molecule has 0 N–H and O–H groups in total. The van der Waals surface area contributed by atoms with Gasteiger partial charge in [-0.1, -0.05) is 30.3 Å². The predicted octanol–water partition coefficient (Wildman–Crippen LogP) is 4.23. The molecule has 0 bridgehead atoms. The number of fused-ring (bicyclic) bond motifs is 3. The SMILES string of the molecule is Cc1nc2c3c(ccn2c1C)C(=O)[C@H](OC(=O)C(C)(C)C)[C@@H](c1ccccc1)O3. The van der Waals surface area contributed by atoms with Crippen LogP contribution in [0.15, 0.2) is 42.6 Å². The normalized spacial score (nSPS) is 19.0. The first-order chi connectivity index (χ1) is 13.7. The zero-order chi connectivity index (χ0) is 20.9. The fourth-order valence-electron chi connectivity index (χ4n) is 3.40. The monoisotopic (exact) mass is 392 g/mol. The number of imidazole rings is 1. The number of ketones is 1. The molecule has 6 nitrogen and oxygen atoms in total. The van der Waals surface area contributed by atoms with Crippen molar-refractivity contribution in [3.05, 3.63) is 65.1 Å². The number of rotatable bonds is 2. The molecule has 29 heavy (non-hydrogen) atoms. The fraction of sp³-hybridized carbons (Fsp3) is 0.348. The number of Topliss-reactive ketones (excluding diaryl/α,β-unsaturated/α-hetero) is 1. The van der Waals surface area contributed by atoms with Gasteiger partial charge in [-0.25, -0.2) is 4.98 Å². The molecule has 0 amide bonds. The van der Waals surface area contributed by atoms with E-state index in [2.05, 4.69) is 4.98 Å². The van der Waals surface area contributed by atoms with Gasteiger partial charge in [0.1, 0.15) is 0 Å². The maximum Gasteiger partial charge on any atom is 0.312 e. The summed E-state index contributed by atoms with van der Waals surface area (Å²) < 4.78 is 13.9. The lowest BCUT2D eigenvalue weighted by molar-refractivity contribution is -0.161. The summed E-state index contributed by atoms with van der Waals surface area (Å²) in [5.74, 6) is -0.304. The largest absolute Gasteiger partial charge is 0.477 e. The number of nitrogens with zero attached hydrogens (tertiary/aromatic N) is 2. The molecule has 1 aromatic carbocycles. The number of pyridine rings is 1. The molecule has 0 saturated heterocycles. The van der Waals surface area contributed by atoms with E-state index < -0.39 is 23.6 Å². The number of aromatic nitrogens is 2. The molecule has 0 saturated carbocycles. The Kier molecular flexibility index (Phi) is 4.45. The van der Waals surface area contributed by atoms with Gasteiger partial charge in [-0.3, -0.25) is 9.59 Å². The van der Waals surface area contributed by atoms with Gasteiger partial charge in [-0.15, -0.1) is 0 Å². The van der Waals surface area contributed by atoms with Crippen molar-refractivity contribution in [3.8, 4) is 5.75 Å². The molecule has 3 heterocycles. The molecule has 0 unspecified atom stereocenters. The van der Waals surface area contributed by atoms with Crippen LogP contribution in [0.2, 0.25) is 0 Å². The highest BCUT2D eigenvalue weighted by Gasteiger charge is 2.43. The first-order valence-corrected chi connectivity index (χ1v) is 9.63. The Balaban J connectivity index is 1.86. The molecule has 150 valence electrons. The lowest BCUT2D eigenvalue weighted by Crippen LogP contribution is -2.42. The molecule has 2 aromatic heterocycles. The highest BCUT2D eigenvalue weighted by atomic mass is 16.6. The summed E-state index contributed by atoms with van der Waals surface area (Å²) >= 11 is 0. The molecule has 1 aliphatic rings. The topological polar surface area (TPSA) is 69.9 Å². The summed E-state index contributed by atoms with van der Waals surface area (Å²) in [6.07, 6.45) is -0.00165. The molecule has 3 aromatic rings. The summed E-state index contributed by atoms with van der Waals surface area (Å²) in [4.78, 5) is 30.6. The number of hydrogen-bond donors (Lipinski definition) is 0. The Labute approximate surface area is 169 Å². The van der Waals surface area contributed by atoms with Crippen LogP contribution in [-0.2, 0) is 9.53 Å². The van der Waals surface area contributed by atoms with Gasteiger partial charge in [0.15, 0.2) is 17.5 Å². The van der Waals surface area contributed by atoms with Crippen LogP contribution in [0.25, 0.3) is 5.65 Å². The van der Waals surface area contributed by atoms with E-state index in [0.29, 0.717) is 17.0 Å². The van der Waals surface area contributed by atoms with E-state index in [-0.39, 0.29) is 5.78 Å². The second-order valence-electron chi connectivity index (χ2n) is 8.42. The first-order valence-electron chi connectivity index (χ1n) is 9.63. The van der Waals surface area contributed by atoms with E-state index in [9.17, 15) is 9.59 Å². The second kappa shape index (κ2) is 6.72. The number of carbonyl (C=O) groups excluding carboxylic acids is 2. The average molecular weight is 392 g/mol. The molecular weight excluding hydrogens is 368 g/mol. The van der Waals surface area contributed by atoms with Crippen LogP contribution in [0, 0.1) is 19.3 Å². The van der Waals surface area contributed by atoms with E-state index >= 15 is 0 Å². The minimum Gasteiger partial charge on any atom is -0.477 e. The van der Waals surface area contributed by atoms with Crippen molar-refractivity contribution in [2.45, 2.75) is 46.8 Å². The summed E-state index contributed by atoms with van der Waals surface area (Å²) in [6.45, 7) is 9.16. The summed E-state index contributed by atoms with van der Waals surface area (Å²) in [7, 11) is 0. The van der Waals surface area contributed by atoms with Gasteiger partial charge >= 0.3 is 5.97 Å². The van der Waals surface area contributed by atoms with Crippen molar-refractivity contribution in [1.29, 1.82) is 0 Å². The van der Waals surface area contributed by atoms with Gasteiger partial charge in [0.05, 0.1) is 16.7 Å². The molecule has 2 atom stereocenters. The molecule has 0 spiro atoms. The van der Waals surface area contributed by atoms with Crippen molar-refractivity contribution < 1.29 is 19.1 Å². The molecule has 1 aliphatic heterocycles. The van der Waals surface area contributed by atoms with Gasteiger partial charge in [-0.05, 0) is 46.2 Å². The van der Waals surface area contributed by atoms with Crippen molar-refractivity contribution in [2.24, 2.45) is 5.41 Å². The number of aryl methyl sites for hydroxylation is 2. The van der Waals surface area contributed by atoms with Crippen LogP contribution in [-0.4, -0.2) is 27.2 Å². The van der Waals surface area contributed by atoms with Gasteiger partial charge in [0, 0.05) is 11.9 Å². The first kappa shape index (κ1) is 19.2. The van der Waals surface area contributed by atoms with E-state index in [1.807, 2.05) is 48.6 Å². The van der Waals surface area contributed by atoms with Crippen LogP contribution in [0.4, 0.5) is 0 Å². The lowest BCUT2D eigenvalue weighted by atomic mass is 9.92. The minimum atomic E-state index is -1.06.